The molecule has 0 aromatic rings. The maximum atomic E-state index is 9.35. The summed E-state index contributed by atoms with van der Waals surface area (Å²) in [6, 6.07) is -0.730. The van der Waals surface area contributed by atoms with E-state index in [4.69, 9.17) is 0 Å². The lowest BCUT2D eigenvalue weighted by Crippen LogP contribution is -2.21. The Balaban J connectivity index is 0.000000187. The second-order valence-electron chi connectivity index (χ2n) is 2.27. The van der Waals surface area contributed by atoms with Gasteiger partial charge in [-0.1, -0.05) is 6.42 Å². The Kier molecular flexibility index (Phi) is 7.29. The second-order valence-corrected chi connectivity index (χ2v) is 2.46. The number of urea groups is 1. The summed E-state index contributed by atoms with van der Waals surface area (Å²) < 4.78 is 0. The summed E-state index contributed by atoms with van der Waals surface area (Å²) >= 11 is 4.61. The van der Waals surface area contributed by atoms with Crippen molar-refractivity contribution in [2.75, 3.05) is 13.1 Å². The summed E-state index contributed by atoms with van der Waals surface area (Å²) in [4.78, 5) is 11.0. The number of rotatable bonds is 0. The number of nitrogens with one attached hydrogen (secondary N) is 2. The molecular formula is C6H14ClN3O. The van der Waals surface area contributed by atoms with Crippen LogP contribution in [0.15, 0.2) is 0 Å². The van der Waals surface area contributed by atoms with E-state index in [1.165, 1.54) is 32.4 Å². The van der Waals surface area contributed by atoms with Gasteiger partial charge in [0.25, 0.3) is 0 Å². The molecule has 0 aliphatic carbocycles. The van der Waals surface area contributed by atoms with Crippen LogP contribution in [0.2, 0.25) is 0 Å². The molecule has 1 heterocycles. The zero-order chi connectivity index (χ0) is 8.53. The largest absolute Gasteiger partial charge is 0.351 e. The minimum Gasteiger partial charge on any atom is -0.351 e. The summed E-state index contributed by atoms with van der Waals surface area (Å²) in [5.74, 6) is 0. The molecule has 0 saturated carbocycles. The average Bonchev–Trinajstić information content (AvgIpc) is 2.09. The molecule has 0 spiro atoms. The van der Waals surface area contributed by atoms with Crippen molar-refractivity contribution < 1.29 is 4.79 Å². The molecule has 2 amide bonds. The standard InChI is InChI=1S/C5H11N.CH3ClN2O/c1-2-4-6-5-3-1;2-4-1(3)5/h6H,1-5H2;(H3,3,4,5). The number of halogens is 1. The number of carbonyl (C=O) groups is 1. The number of carbonyl (C=O) groups excluding carboxylic acids is 1. The molecule has 4 N–H and O–H groups in total. The molecule has 11 heavy (non-hydrogen) atoms. The van der Waals surface area contributed by atoms with Gasteiger partial charge in [-0.25, -0.2) is 4.79 Å². The van der Waals surface area contributed by atoms with Crippen LogP contribution < -0.4 is 15.9 Å². The Morgan fingerprint density at radius 3 is 1.91 bits per heavy atom. The van der Waals surface area contributed by atoms with Crippen LogP contribution in [0.5, 0.6) is 0 Å². The van der Waals surface area contributed by atoms with E-state index in [-0.39, 0.29) is 0 Å². The van der Waals surface area contributed by atoms with Crippen LogP contribution in [-0.4, -0.2) is 19.1 Å². The number of amides is 2. The van der Waals surface area contributed by atoms with Gasteiger partial charge in [0.2, 0.25) is 0 Å². The Labute approximate surface area is 71.6 Å². The molecule has 1 aliphatic rings. The third-order valence-corrected chi connectivity index (χ3v) is 1.49. The van der Waals surface area contributed by atoms with E-state index in [0.29, 0.717) is 0 Å². The van der Waals surface area contributed by atoms with Crippen LogP contribution in [-0.2, 0) is 0 Å². The van der Waals surface area contributed by atoms with Crippen LogP contribution in [0.25, 0.3) is 0 Å². The van der Waals surface area contributed by atoms with E-state index < -0.39 is 6.03 Å². The SMILES string of the molecule is C1CCNCC1.NC(=O)NCl. The summed E-state index contributed by atoms with van der Waals surface area (Å²) in [5.41, 5.74) is 4.41. The smallest absolute Gasteiger partial charge is 0.326 e. The van der Waals surface area contributed by atoms with Gasteiger partial charge < -0.3 is 11.1 Å². The number of hydrogen-bond acceptors (Lipinski definition) is 2. The van der Waals surface area contributed by atoms with Crippen molar-refractivity contribution in [3.05, 3.63) is 0 Å². The number of primary amides is 1. The van der Waals surface area contributed by atoms with E-state index in [1.807, 2.05) is 0 Å². The maximum Gasteiger partial charge on any atom is 0.326 e. The second kappa shape index (κ2) is 7.63. The van der Waals surface area contributed by atoms with Crippen molar-refractivity contribution in [3.63, 3.8) is 0 Å². The molecule has 0 bridgehead atoms. The maximum absolute atomic E-state index is 9.35. The highest BCUT2D eigenvalue weighted by molar-refractivity contribution is 6.20. The summed E-state index contributed by atoms with van der Waals surface area (Å²) in [6.45, 7) is 2.50. The van der Waals surface area contributed by atoms with Gasteiger partial charge in [-0.05, 0) is 25.9 Å². The third-order valence-electron chi connectivity index (χ3n) is 1.30. The van der Waals surface area contributed by atoms with E-state index in [0.717, 1.165) is 0 Å². The highest BCUT2D eigenvalue weighted by atomic mass is 35.5. The summed E-state index contributed by atoms with van der Waals surface area (Å²) in [6.07, 6.45) is 4.22. The first-order chi connectivity index (χ1) is 5.27. The van der Waals surface area contributed by atoms with Crippen LogP contribution in [0.1, 0.15) is 19.3 Å². The van der Waals surface area contributed by atoms with E-state index in [9.17, 15) is 4.79 Å². The molecule has 0 aromatic heterocycles. The van der Waals surface area contributed by atoms with Crippen LogP contribution in [0, 0.1) is 0 Å². The van der Waals surface area contributed by atoms with E-state index in [1.54, 1.807) is 4.84 Å². The number of hydrogen-bond donors (Lipinski definition) is 3. The van der Waals surface area contributed by atoms with Crippen molar-refractivity contribution in [2.45, 2.75) is 19.3 Å². The summed E-state index contributed by atoms with van der Waals surface area (Å²) in [7, 11) is 0. The van der Waals surface area contributed by atoms with Crippen molar-refractivity contribution in [3.8, 4) is 0 Å². The molecule has 0 aromatic carbocycles. The fourth-order valence-electron chi connectivity index (χ4n) is 0.802. The van der Waals surface area contributed by atoms with Crippen molar-refractivity contribution >= 4 is 17.8 Å². The molecular weight excluding hydrogens is 166 g/mol. The topological polar surface area (TPSA) is 67.1 Å². The third kappa shape index (κ3) is 9.52. The Morgan fingerprint density at radius 1 is 1.36 bits per heavy atom. The first-order valence-corrected chi connectivity index (χ1v) is 4.02. The quantitative estimate of drug-likeness (QED) is 0.476. The van der Waals surface area contributed by atoms with Gasteiger partial charge in [-0.3, -0.25) is 4.84 Å². The van der Waals surface area contributed by atoms with Gasteiger partial charge in [0.05, 0.1) is 0 Å². The molecule has 1 fully saturated rings. The van der Waals surface area contributed by atoms with E-state index >= 15 is 0 Å². The fraction of sp³-hybridized carbons (Fsp3) is 0.833. The molecule has 66 valence electrons. The lowest BCUT2D eigenvalue weighted by Gasteiger charge is -2.08. The van der Waals surface area contributed by atoms with E-state index in [2.05, 4.69) is 22.8 Å². The normalized spacial score (nSPS) is 16.1. The molecule has 1 aliphatic heterocycles. The van der Waals surface area contributed by atoms with Crippen LogP contribution >= 0.6 is 11.8 Å². The zero-order valence-corrected chi connectivity index (χ0v) is 7.16. The lowest BCUT2D eigenvalue weighted by atomic mass is 10.2. The minimum absolute atomic E-state index is 0.730. The number of piperidine rings is 1. The van der Waals surface area contributed by atoms with Crippen molar-refractivity contribution in [1.29, 1.82) is 0 Å². The molecule has 1 saturated heterocycles. The van der Waals surface area contributed by atoms with Gasteiger partial charge >= 0.3 is 6.03 Å². The predicted molar refractivity (Wildman–Crippen MR) is 45.3 cm³/mol. The minimum atomic E-state index is -0.730. The van der Waals surface area contributed by atoms with Gasteiger partial charge in [0.1, 0.15) is 0 Å². The molecule has 1 rings (SSSR count). The first kappa shape index (κ1) is 10.5. The van der Waals surface area contributed by atoms with Crippen molar-refractivity contribution in [1.82, 2.24) is 10.2 Å². The van der Waals surface area contributed by atoms with Gasteiger partial charge in [0, 0.05) is 11.8 Å². The van der Waals surface area contributed by atoms with Crippen molar-refractivity contribution in [2.24, 2.45) is 5.73 Å². The summed E-state index contributed by atoms with van der Waals surface area (Å²) in [5, 5.41) is 3.28. The molecule has 0 radical (unpaired) electrons. The lowest BCUT2D eigenvalue weighted by molar-refractivity contribution is 0.254. The molecule has 4 nitrogen and oxygen atoms in total. The van der Waals surface area contributed by atoms with Gasteiger partial charge in [-0.2, -0.15) is 0 Å². The fourth-order valence-corrected chi connectivity index (χ4v) is 0.802. The predicted octanol–water partition coefficient (Wildman–Crippen LogP) is 0.568. The Hall–Kier alpha value is -0.480. The zero-order valence-electron chi connectivity index (χ0n) is 6.40. The van der Waals surface area contributed by atoms with Gasteiger partial charge in [0.15, 0.2) is 0 Å². The molecule has 0 atom stereocenters. The first-order valence-electron chi connectivity index (χ1n) is 3.64. The number of nitrogens with two attached hydrogens (primary N) is 1. The highest BCUT2D eigenvalue weighted by Crippen LogP contribution is 1.96. The van der Waals surface area contributed by atoms with Gasteiger partial charge in [-0.15, -0.1) is 0 Å². The molecule has 0 unspecified atom stereocenters. The van der Waals surface area contributed by atoms with Crippen LogP contribution in [0.3, 0.4) is 0 Å². The Morgan fingerprint density at radius 2 is 1.82 bits per heavy atom. The average molecular weight is 180 g/mol. The monoisotopic (exact) mass is 179 g/mol. The highest BCUT2D eigenvalue weighted by Gasteiger charge is 1.93. The Bertz CT molecular complexity index is 94.5. The van der Waals surface area contributed by atoms with Crippen LogP contribution in [0.4, 0.5) is 4.79 Å². The molecule has 5 heteroatoms.